The third-order valence-electron chi connectivity index (χ3n) is 2.80. The zero-order valence-corrected chi connectivity index (χ0v) is 12.8. The lowest BCUT2D eigenvalue weighted by atomic mass is 9.94. The number of carbonyl (C=O) groups excluding carboxylic acids is 1. The van der Waals surface area contributed by atoms with Crippen LogP contribution in [-0.4, -0.2) is 42.1 Å². The highest BCUT2D eigenvalue weighted by Crippen LogP contribution is 2.14. The van der Waals surface area contributed by atoms with Crippen LogP contribution in [0.25, 0.3) is 0 Å². The molecule has 0 aromatic heterocycles. The van der Waals surface area contributed by atoms with Crippen LogP contribution in [0.3, 0.4) is 0 Å². The van der Waals surface area contributed by atoms with Gasteiger partial charge < -0.3 is 15.3 Å². The first-order valence-electron chi connectivity index (χ1n) is 6.93. The molecule has 2 N–H and O–H groups in total. The highest BCUT2D eigenvalue weighted by Gasteiger charge is 2.17. The van der Waals surface area contributed by atoms with E-state index in [0.717, 1.165) is 6.42 Å². The molecular formula is C14H28N2O3. The summed E-state index contributed by atoms with van der Waals surface area (Å²) < 4.78 is 0. The molecule has 1 atom stereocenters. The molecular weight excluding hydrogens is 244 g/mol. The lowest BCUT2D eigenvalue weighted by Crippen LogP contribution is -2.41. The van der Waals surface area contributed by atoms with Crippen molar-refractivity contribution in [1.29, 1.82) is 0 Å². The zero-order chi connectivity index (χ0) is 15.0. The lowest BCUT2D eigenvalue weighted by Gasteiger charge is -2.23. The molecule has 112 valence electrons. The van der Waals surface area contributed by atoms with Gasteiger partial charge in [-0.1, -0.05) is 27.7 Å². The van der Waals surface area contributed by atoms with Crippen molar-refractivity contribution in [3.8, 4) is 0 Å². The van der Waals surface area contributed by atoms with Crippen LogP contribution >= 0.6 is 0 Å². The van der Waals surface area contributed by atoms with E-state index in [4.69, 9.17) is 5.11 Å². The Hall–Kier alpha value is -1.26. The minimum absolute atomic E-state index is 0.00565. The van der Waals surface area contributed by atoms with E-state index in [9.17, 15) is 9.59 Å². The summed E-state index contributed by atoms with van der Waals surface area (Å²) in [7, 11) is 1.75. The Kier molecular flexibility index (Phi) is 8.19. The van der Waals surface area contributed by atoms with E-state index >= 15 is 0 Å². The van der Waals surface area contributed by atoms with Crippen LogP contribution < -0.4 is 5.32 Å². The van der Waals surface area contributed by atoms with E-state index < -0.39 is 5.97 Å². The fourth-order valence-corrected chi connectivity index (χ4v) is 2.15. The Bertz CT molecular complexity index is 290. The molecule has 0 aromatic carbocycles. The number of nitrogens with zero attached hydrogens (tertiary/aromatic N) is 1. The normalized spacial score (nSPS) is 12.6. The quantitative estimate of drug-likeness (QED) is 0.713. The summed E-state index contributed by atoms with van der Waals surface area (Å²) in [4.78, 5) is 24.3. The fraction of sp³-hybridized carbons (Fsp3) is 0.857. The molecule has 0 saturated heterocycles. The number of urea groups is 1. The van der Waals surface area contributed by atoms with Crippen molar-refractivity contribution >= 4 is 12.0 Å². The van der Waals surface area contributed by atoms with Crippen LogP contribution in [-0.2, 0) is 4.79 Å². The SMILES string of the molecule is CC(C)CC(CNC(=O)N(C)CC(C)C)CC(=O)O. The zero-order valence-electron chi connectivity index (χ0n) is 12.8. The highest BCUT2D eigenvalue weighted by atomic mass is 16.4. The Labute approximate surface area is 116 Å². The molecule has 5 nitrogen and oxygen atoms in total. The predicted molar refractivity (Wildman–Crippen MR) is 76.1 cm³/mol. The van der Waals surface area contributed by atoms with Crippen molar-refractivity contribution < 1.29 is 14.7 Å². The fourth-order valence-electron chi connectivity index (χ4n) is 2.15. The Morgan fingerprint density at radius 2 is 1.74 bits per heavy atom. The van der Waals surface area contributed by atoms with E-state index in [1.807, 2.05) is 0 Å². The number of nitrogens with one attached hydrogen (secondary N) is 1. The molecule has 0 fully saturated rings. The molecule has 0 heterocycles. The minimum atomic E-state index is -0.810. The maximum atomic E-state index is 11.8. The van der Waals surface area contributed by atoms with Crippen LogP contribution in [0, 0.1) is 17.8 Å². The van der Waals surface area contributed by atoms with Gasteiger partial charge in [-0.05, 0) is 24.2 Å². The number of carboxylic acids is 1. The van der Waals surface area contributed by atoms with Crippen molar-refractivity contribution in [2.75, 3.05) is 20.1 Å². The monoisotopic (exact) mass is 272 g/mol. The smallest absolute Gasteiger partial charge is 0.317 e. The van der Waals surface area contributed by atoms with Gasteiger partial charge in [0.15, 0.2) is 0 Å². The van der Waals surface area contributed by atoms with E-state index in [1.54, 1.807) is 11.9 Å². The average Bonchev–Trinajstić information content (AvgIpc) is 2.22. The van der Waals surface area contributed by atoms with Gasteiger partial charge in [0.05, 0.1) is 0 Å². The number of carbonyl (C=O) groups is 2. The summed E-state index contributed by atoms with van der Waals surface area (Å²) in [6.07, 6.45) is 0.910. The topological polar surface area (TPSA) is 69.6 Å². The predicted octanol–water partition coefficient (Wildman–Crippen LogP) is 2.42. The Morgan fingerprint density at radius 3 is 2.16 bits per heavy atom. The molecule has 0 rings (SSSR count). The van der Waals surface area contributed by atoms with Gasteiger partial charge in [-0.2, -0.15) is 0 Å². The molecule has 5 heteroatoms. The van der Waals surface area contributed by atoms with E-state index in [1.165, 1.54) is 0 Å². The van der Waals surface area contributed by atoms with Crippen molar-refractivity contribution in [2.24, 2.45) is 17.8 Å². The number of carboxylic acid groups (broad SMARTS) is 1. The summed E-state index contributed by atoms with van der Waals surface area (Å²) >= 11 is 0. The first kappa shape index (κ1) is 17.7. The second kappa shape index (κ2) is 8.77. The van der Waals surface area contributed by atoms with Gasteiger partial charge in [-0.25, -0.2) is 4.79 Å². The Morgan fingerprint density at radius 1 is 1.16 bits per heavy atom. The summed E-state index contributed by atoms with van der Waals surface area (Å²) in [5, 5.41) is 11.7. The molecule has 0 bridgehead atoms. The van der Waals surface area contributed by atoms with Crippen molar-refractivity contribution in [2.45, 2.75) is 40.5 Å². The molecule has 0 aliphatic rings. The maximum Gasteiger partial charge on any atom is 0.317 e. The molecule has 19 heavy (non-hydrogen) atoms. The van der Waals surface area contributed by atoms with Crippen LogP contribution in [0.15, 0.2) is 0 Å². The first-order valence-corrected chi connectivity index (χ1v) is 6.93. The summed E-state index contributed by atoms with van der Waals surface area (Å²) in [5.41, 5.74) is 0. The van der Waals surface area contributed by atoms with Crippen molar-refractivity contribution in [3.05, 3.63) is 0 Å². The van der Waals surface area contributed by atoms with Gasteiger partial charge >= 0.3 is 12.0 Å². The summed E-state index contributed by atoms with van der Waals surface area (Å²) in [5.74, 6) is 0.0280. The van der Waals surface area contributed by atoms with Crippen LogP contribution in [0.4, 0.5) is 4.79 Å². The van der Waals surface area contributed by atoms with Gasteiger partial charge in [0.1, 0.15) is 0 Å². The standard InChI is InChI=1S/C14H28N2O3/c1-10(2)6-12(7-13(17)18)8-15-14(19)16(5)9-11(3)4/h10-12H,6-9H2,1-5H3,(H,15,19)(H,17,18). The second-order valence-corrected chi connectivity index (χ2v) is 6.05. The molecule has 0 aliphatic carbocycles. The third-order valence-corrected chi connectivity index (χ3v) is 2.80. The number of amides is 2. The van der Waals surface area contributed by atoms with Gasteiger partial charge in [-0.3, -0.25) is 4.79 Å². The van der Waals surface area contributed by atoms with Gasteiger partial charge in [0.25, 0.3) is 0 Å². The summed E-state index contributed by atoms with van der Waals surface area (Å²) in [6, 6.07) is -0.132. The van der Waals surface area contributed by atoms with Gasteiger partial charge in [0.2, 0.25) is 0 Å². The number of rotatable bonds is 8. The van der Waals surface area contributed by atoms with Crippen LogP contribution in [0.1, 0.15) is 40.5 Å². The molecule has 0 spiro atoms. The van der Waals surface area contributed by atoms with Crippen LogP contribution in [0.5, 0.6) is 0 Å². The average molecular weight is 272 g/mol. The largest absolute Gasteiger partial charge is 0.481 e. The highest BCUT2D eigenvalue weighted by molar-refractivity contribution is 5.74. The van der Waals surface area contributed by atoms with Crippen molar-refractivity contribution in [3.63, 3.8) is 0 Å². The number of hydrogen-bond donors (Lipinski definition) is 2. The second-order valence-electron chi connectivity index (χ2n) is 6.05. The van der Waals surface area contributed by atoms with E-state index in [2.05, 4.69) is 33.0 Å². The maximum absolute atomic E-state index is 11.8. The first-order chi connectivity index (χ1) is 8.72. The van der Waals surface area contributed by atoms with Gasteiger partial charge in [-0.15, -0.1) is 0 Å². The van der Waals surface area contributed by atoms with Crippen molar-refractivity contribution in [1.82, 2.24) is 10.2 Å². The number of aliphatic carboxylic acids is 1. The molecule has 0 aliphatic heterocycles. The Balaban J connectivity index is 4.22. The molecule has 0 saturated carbocycles. The molecule has 0 aromatic rings. The molecule has 1 unspecified atom stereocenters. The lowest BCUT2D eigenvalue weighted by molar-refractivity contribution is -0.138. The summed E-state index contributed by atoms with van der Waals surface area (Å²) in [6.45, 7) is 9.33. The van der Waals surface area contributed by atoms with Crippen LogP contribution in [0.2, 0.25) is 0 Å². The minimum Gasteiger partial charge on any atom is -0.481 e. The van der Waals surface area contributed by atoms with Gasteiger partial charge in [0, 0.05) is 26.6 Å². The van der Waals surface area contributed by atoms with E-state index in [-0.39, 0.29) is 18.4 Å². The number of hydrogen-bond acceptors (Lipinski definition) is 2. The molecule has 0 radical (unpaired) electrons. The van der Waals surface area contributed by atoms with E-state index in [0.29, 0.717) is 24.9 Å². The third kappa shape index (κ3) is 9.33. The molecule has 2 amide bonds.